The minimum atomic E-state index is -0.284. The van der Waals surface area contributed by atoms with Gasteiger partial charge in [-0.15, -0.1) is 0 Å². The highest BCUT2D eigenvalue weighted by Gasteiger charge is 2.24. The van der Waals surface area contributed by atoms with Gasteiger partial charge in [-0.3, -0.25) is 4.98 Å². The molecular formula is C12H11ClN2O2. The number of nitrogens with zero attached hydrogens (tertiary/aromatic N) is 1. The number of hydrogen-bond acceptors (Lipinski definition) is 4. The Labute approximate surface area is 103 Å². The van der Waals surface area contributed by atoms with Crippen molar-refractivity contribution in [3.63, 3.8) is 0 Å². The number of aromatic nitrogens is 1. The number of aromatic hydroxyl groups is 2. The van der Waals surface area contributed by atoms with Crippen molar-refractivity contribution in [3.05, 3.63) is 28.4 Å². The third-order valence-electron chi connectivity index (χ3n) is 3.21. The van der Waals surface area contributed by atoms with E-state index in [1.165, 1.54) is 0 Å². The molecule has 2 aromatic rings. The van der Waals surface area contributed by atoms with E-state index < -0.39 is 0 Å². The number of hydrogen-bond donors (Lipinski definition) is 3. The maximum Gasteiger partial charge on any atom is 0.177 e. The van der Waals surface area contributed by atoms with Crippen molar-refractivity contribution in [1.29, 1.82) is 0 Å². The Morgan fingerprint density at radius 2 is 2.18 bits per heavy atom. The van der Waals surface area contributed by atoms with Gasteiger partial charge in [-0.2, -0.15) is 0 Å². The molecule has 0 saturated carbocycles. The van der Waals surface area contributed by atoms with Crippen LogP contribution in [0.3, 0.4) is 0 Å². The number of halogens is 1. The van der Waals surface area contributed by atoms with E-state index in [2.05, 4.69) is 10.3 Å². The van der Waals surface area contributed by atoms with E-state index in [0.29, 0.717) is 10.9 Å². The largest absolute Gasteiger partial charge is 0.504 e. The molecule has 1 aliphatic rings. The predicted molar refractivity (Wildman–Crippen MR) is 65.3 cm³/mol. The Balaban J connectivity index is 2.48. The zero-order chi connectivity index (χ0) is 12.2. The molecule has 88 valence electrons. The molecule has 0 bridgehead atoms. The lowest BCUT2D eigenvalue weighted by Crippen LogP contribution is -2.07. The van der Waals surface area contributed by atoms with Crippen LogP contribution < -0.4 is 5.32 Å². The number of benzene rings is 1. The zero-order valence-electron chi connectivity index (χ0n) is 9.16. The highest BCUT2D eigenvalue weighted by Crippen LogP contribution is 2.43. The second kappa shape index (κ2) is 3.48. The topological polar surface area (TPSA) is 65.4 Å². The van der Waals surface area contributed by atoms with Gasteiger partial charge in [0.15, 0.2) is 11.5 Å². The van der Waals surface area contributed by atoms with Crippen LogP contribution in [0.4, 0.5) is 0 Å². The van der Waals surface area contributed by atoms with Crippen LogP contribution >= 0.6 is 11.6 Å². The van der Waals surface area contributed by atoms with E-state index in [9.17, 15) is 10.2 Å². The molecule has 5 heteroatoms. The summed E-state index contributed by atoms with van der Waals surface area (Å²) in [6.07, 6.45) is 1.78. The van der Waals surface area contributed by atoms with Crippen LogP contribution in [0, 0.1) is 0 Å². The van der Waals surface area contributed by atoms with E-state index in [1.807, 2.05) is 6.92 Å². The van der Waals surface area contributed by atoms with E-state index >= 15 is 0 Å². The van der Waals surface area contributed by atoms with Crippen molar-refractivity contribution in [2.24, 2.45) is 0 Å². The van der Waals surface area contributed by atoms with E-state index in [1.54, 1.807) is 12.3 Å². The number of phenols is 2. The average molecular weight is 251 g/mol. The van der Waals surface area contributed by atoms with E-state index in [0.717, 1.165) is 17.7 Å². The van der Waals surface area contributed by atoms with E-state index in [4.69, 9.17) is 11.6 Å². The quantitative estimate of drug-likeness (QED) is 0.629. The minimum absolute atomic E-state index is 0.112. The molecule has 0 saturated heterocycles. The molecule has 1 aromatic heterocycles. The van der Waals surface area contributed by atoms with Gasteiger partial charge in [0.2, 0.25) is 0 Å². The monoisotopic (exact) mass is 250 g/mol. The SMILES string of the molecule is C[C@@H]1NCc2cnc3cc(Cl)c(O)c(O)c3c21. The summed E-state index contributed by atoms with van der Waals surface area (Å²) >= 11 is 5.81. The van der Waals surface area contributed by atoms with Gasteiger partial charge in [0.25, 0.3) is 0 Å². The summed E-state index contributed by atoms with van der Waals surface area (Å²) in [7, 11) is 0. The molecule has 17 heavy (non-hydrogen) atoms. The van der Waals surface area contributed by atoms with Gasteiger partial charge >= 0.3 is 0 Å². The fraction of sp³-hybridized carbons (Fsp3) is 0.250. The summed E-state index contributed by atoms with van der Waals surface area (Å²) in [4.78, 5) is 4.25. The van der Waals surface area contributed by atoms with Crippen LogP contribution in [-0.2, 0) is 6.54 Å². The molecule has 3 N–H and O–H groups in total. The second-order valence-electron chi connectivity index (χ2n) is 4.25. The van der Waals surface area contributed by atoms with Gasteiger partial charge in [-0.25, -0.2) is 0 Å². The molecular weight excluding hydrogens is 240 g/mol. The van der Waals surface area contributed by atoms with E-state index in [-0.39, 0.29) is 22.6 Å². The highest BCUT2D eigenvalue weighted by molar-refractivity contribution is 6.33. The van der Waals surface area contributed by atoms with Crippen LogP contribution in [0.1, 0.15) is 24.1 Å². The average Bonchev–Trinajstić information content (AvgIpc) is 2.68. The summed E-state index contributed by atoms with van der Waals surface area (Å²) in [6, 6.07) is 1.69. The van der Waals surface area contributed by atoms with Gasteiger partial charge in [0.05, 0.1) is 15.9 Å². The maximum absolute atomic E-state index is 10.0. The maximum atomic E-state index is 10.0. The molecule has 0 aliphatic carbocycles. The Morgan fingerprint density at radius 1 is 1.41 bits per heavy atom. The first-order valence-corrected chi connectivity index (χ1v) is 5.72. The highest BCUT2D eigenvalue weighted by atomic mass is 35.5. The number of pyridine rings is 1. The molecule has 4 nitrogen and oxygen atoms in total. The predicted octanol–water partition coefficient (Wildman–Crippen LogP) is 2.46. The number of phenolic OH excluding ortho intramolecular Hbond substituents is 2. The van der Waals surface area contributed by atoms with Crippen LogP contribution in [0.25, 0.3) is 10.9 Å². The molecule has 1 aliphatic heterocycles. The third-order valence-corrected chi connectivity index (χ3v) is 3.50. The van der Waals surface area contributed by atoms with Gasteiger partial charge in [-0.05, 0) is 24.1 Å². The Kier molecular flexibility index (Phi) is 2.18. The minimum Gasteiger partial charge on any atom is -0.504 e. The lowest BCUT2D eigenvalue weighted by molar-refractivity contribution is 0.408. The molecule has 0 radical (unpaired) electrons. The summed E-state index contributed by atoms with van der Waals surface area (Å²) < 4.78 is 0. The van der Waals surface area contributed by atoms with Crippen LogP contribution in [-0.4, -0.2) is 15.2 Å². The summed E-state index contributed by atoms with van der Waals surface area (Å²) in [6.45, 7) is 2.73. The number of nitrogens with one attached hydrogen (secondary N) is 1. The molecule has 0 fully saturated rings. The zero-order valence-corrected chi connectivity index (χ0v) is 9.91. The van der Waals surface area contributed by atoms with Crippen molar-refractivity contribution in [2.45, 2.75) is 19.5 Å². The first kappa shape index (κ1) is 10.6. The fourth-order valence-corrected chi connectivity index (χ4v) is 2.55. The molecule has 1 atom stereocenters. The van der Waals surface area contributed by atoms with Gasteiger partial charge in [-0.1, -0.05) is 11.6 Å². The normalized spacial score (nSPS) is 18.6. The molecule has 0 spiro atoms. The van der Waals surface area contributed by atoms with Gasteiger partial charge < -0.3 is 15.5 Å². The molecule has 2 heterocycles. The van der Waals surface area contributed by atoms with Crippen LogP contribution in [0.15, 0.2) is 12.3 Å². The number of rotatable bonds is 0. The van der Waals surface area contributed by atoms with Crippen molar-refractivity contribution in [3.8, 4) is 11.5 Å². The van der Waals surface area contributed by atoms with Crippen molar-refractivity contribution in [1.82, 2.24) is 10.3 Å². The van der Waals surface area contributed by atoms with Crippen molar-refractivity contribution in [2.75, 3.05) is 0 Å². The fourth-order valence-electron chi connectivity index (χ4n) is 2.36. The van der Waals surface area contributed by atoms with Crippen LogP contribution in [0.2, 0.25) is 5.02 Å². The molecule has 3 rings (SSSR count). The second-order valence-corrected chi connectivity index (χ2v) is 4.66. The number of fused-ring (bicyclic) bond motifs is 3. The first-order chi connectivity index (χ1) is 8.09. The van der Waals surface area contributed by atoms with Crippen molar-refractivity contribution < 1.29 is 10.2 Å². The Hall–Kier alpha value is -1.52. The van der Waals surface area contributed by atoms with Crippen LogP contribution in [0.5, 0.6) is 11.5 Å². The molecule has 1 aromatic carbocycles. The Bertz CT molecular complexity index is 628. The smallest absolute Gasteiger partial charge is 0.177 e. The lowest BCUT2D eigenvalue weighted by Gasteiger charge is -2.11. The summed E-state index contributed by atoms with van der Waals surface area (Å²) in [5.74, 6) is -0.471. The third kappa shape index (κ3) is 1.38. The van der Waals surface area contributed by atoms with Gasteiger partial charge in [0.1, 0.15) is 0 Å². The molecule has 0 unspecified atom stereocenters. The first-order valence-electron chi connectivity index (χ1n) is 5.35. The molecule has 0 amide bonds. The Morgan fingerprint density at radius 3 is 2.94 bits per heavy atom. The van der Waals surface area contributed by atoms with Crippen molar-refractivity contribution >= 4 is 22.5 Å². The van der Waals surface area contributed by atoms with Gasteiger partial charge in [0, 0.05) is 18.8 Å². The standard InChI is InChI=1S/C12H11ClN2O2/c1-5-9-6(3-14-5)4-15-8-2-7(13)11(16)12(17)10(8)9/h2,4-5,14,16-17H,3H2,1H3/t5-/m0/s1. The summed E-state index contributed by atoms with van der Waals surface area (Å²) in [5.41, 5.74) is 2.63. The summed E-state index contributed by atoms with van der Waals surface area (Å²) in [5, 5.41) is 23.7. The lowest BCUT2D eigenvalue weighted by atomic mass is 10.0.